The molecule has 0 saturated carbocycles. The van der Waals surface area contributed by atoms with Gasteiger partial charge in [0.2, 0.25) is 0 Å². The molecule has 16 heavy (non-hydrogen) atoms. The van der Waals surface area contributed by atoms with E-state index in [1.165, 1.54) is 0 Å². The number of anilines is 1. The summed E-state index contributed by atoms with van der Waals surface area (Å²) in [5.74, 6) is 0.829. The molecule has 0 aliphatic rings. The fourth-order valence-corrected chi connectivity index (χ4v) is 1.43. The number of pyridine rings is 1. The van der Waals surface area contributed by atoms with Crippen molar-refractivity contribution in [3.8, 4) is 0 Å². The Labute approximate surface area is 94.8 Å². The second-order valence-corrected chi connectivity index (χ2v) is 3.67. The maximum Gasteiger partial charge on any atom is 0.129 e. The first kappa shape index (κ1) is 10.5. The molecule has 0 amide bonds. The average Bonchev–Trinajstić information content (AvgIpc) is 2.27. The van der Waals surface area contributed by atoms with E-state index in [-0.39, 0.29) is 0 Å². The first-order valence-electron chi connectivity index (χ1n) is 5.19. The zero-order chi connectivity index (χ0) is 11.4. The third-order valence-electron chi connectivity index (χ3n) is 2.20. The number of nitrogens with one attached hydrogen (secondary N) is 1. The number of hydrogen-bond donors (Lipinski definition) is 1. The molecule has 1 N–H and O–H groups in total. The van der Waals surface area contributed by atoms with Crippen LogP contribution >= 0.6 is 0 Å². The highest BCUT2D eigenvalue weighted by Gasteiger charge is 1.97. The minimum absolute atomic E-state index is 0.679. The lowest BCUT2D eigenvalue weighted by molar-refractivity contribution is 0.991. The van der Waals surface area contributed by atoms with E-state index in [2.05, 4.69) is 20.3 Å². The van der Waals surface area contributed by atoms with Gasteiger partial charge < -0.3 is 5.32 Å². The molecule has 2 aromatic rings. The van der Waals surface area contributed by atoms with Crippen molar-refractivity contribution in [2.24, 2.45) is 0 Å². The van der Waals surface area contributed by atoms with Crippen LogP contribution in [0.5, 0.6) is 0 Å². The van der Waals surface area contributed by atoms with Crippen LogP contribution in [0.4, 0.5) is 5.82 Å². The van der Waals surface area contributed by atoms with Gasteiger partial charge in [0.05, 0.1) is 12.2 Å². The summed E-state index contributed by atoms with van der Waals surface area (Å²) >= 11 is 0. The van der Waals surface area contributed by atoms with Crippen LogP contribution < -0.4 is 5.32 Å². The van der Waals surface area contributed by atoms with Crippen LogP contribution in [-0.4, -0.2) is 15.0 Å². The van der Waals surface area contributed by atoms with Gasteiger partial charge in [0.1, 0.15) is 12.1 Å². The van der Waals surface area contributed by atoms with Gasteiger partial charge in [0.25, 0.3) is 0 Å². The Balaban J connectivity index is 2.02. The largest absolute Gasteiger partial charge is 0.364 e. The van der Waals surface area contributed by atoms with Crippen molar-refractivity contribution in [2.75, 3.05) is 5.32 Å². The number of rotatable bonds is 3. The van der Waals surface area contributed by atoms with E-state index in [0.29, 0.717) is 6.54 Å². The number of hydrogen-bond acceptors (Lipinski definition) is 4. The molecule has 2 aromatic heterocycles. The summed E-state index contributed by atoms with van der Waals surface area (Å²) in [7, 11) is 0. The molecular weight excluding hydrogens is 200 g/mol. The van der Waals surface area contributed by atoms with Crippen LogP contribution in [0.15, 0.2) is 30.6 Å². The Kier molecular flexibility index (Phi) is 3.10. The predicted molar refractivity (Wildman–Crippen MR) is 63.1 cm³/mol. The minimum Gasteiger partial charge on any atom is -0.364 e. The van der Waals surface area contributed by atoms with Crippen LogP contribution in [-0.2, 0) is 6.54 Å². The molecule has 0 bridgehead atoms. The molecule has 0 unspecified atom stereocenters. The quantitative estimate of drug-likeness (QED) is 0.850. The van der Waals surface area contributed by atoms with E-state index >= 15 is 0 Å². The molecule has 4 nitrogen and oxygen atoms in total. The van der Waals surface area contributed by atoms with E-state index in [0.717, 1.165) is 22.9 Å². The fourth-order valence-electron chi connectivity index (χ4n) is 1.43. The van der Waals surface area contributed by atoms with Crippen molar-refractivity contribution in [3.63, 3.8) is 0 Å². The Morgan fingerprint density at radius 1 is 1.12 bits per heavy atom. The molecule has 0 fully saturated rings. The van der Waals surface area contributed by atoms with Gasteiger partial charge in [-0.25, -0.2) is 9.97 Å². The molecular formula is C12H14N4. The second kappa shape index (κ2) is 4.70. The molecule has 0 atom stereocenters. The highest BCUT2D eigenvalue weighted by atomic mass is 15.0. The monoisotopic (exact) mass is 214 g/mol. The summed E-state index contributed by atoms with van der Waals surface area (Å²) in [4.78, 5) is 12.6. The number of aromatic nitrogens is 3. The highest BCUT2D eigenvalue weighted by Crippen LogP contribution is 2.05. The molecule has 0 aromatic carbocycles. The van der Waals surface area contributed by atoms with Crippen molar-refractivity contribution < 1.29 is 0 Å². The lowest BCUT2D eigenvalue weighted by Crippen LogP contribution is -2.04. The van der Waals surface area contributed by atoms with Crippen molar-refractivity contribution in [1.29, 1.82) is 0 Å². The van der Waals surface area contributed by atoms with Crippen LogP contribution in [0, 0.1) is 13.8 Å². The van der Waals surface area contributed by atoms with Gasteiger partial charge in [0, 0.05) is 17.5 Å². The van der Waals surface area contributed by atoms with Crippen molar-refractivity contribution in [1.82, 2.24) is 15.0 Å². The van der Waals surface area contributed by atoms with Gasteiger partial charge in [-0.1, -0.05) is 6.07 Å². The highest BCUT2D eigenvalue weighted by molar-refractivity contribution is 5.34. The van der Waals surface area contributed by atoms with Crippen LogP contribution in [0.2, 0.25) is 0 Å². The average molecular weight is 214 g/mol. The summed E-state index contributed by atoms with van der Waals surface area (Å²) in [6.45, 7) is 4.61. The molecule has 0 spiro atoms. The zero-order valence-electron chi connectivity index (χ0n) is 9.44. The number of nitrogens with zero attached hydrogens (tertiary/aromatic N) is 3. The standard InChI is InChI=1S/C12H14N4/c1-9-4-3-5-11(16-9)7-13-12-6-10(2)14-8-15-12/h3-6,8H,7H2,1-2H3,(H,13,14,15). The lowest BCUT2D eigenvalue weighted by Gasteiger charge is -2.05. The van der Waals surface area contributed by atoms with Gasteiger partial charge in [-0.15, -0.1) is 0 Å². The predicted octanol–water partition coefficient (Wildman–Crippen LogP) is 2.10. The van der Waals surface area contributed by atoms with E-state index in [9.17, 15) is 0 Å². The summed E-state index contributed by atoms with van der Waals surface area (Å²) in [5.41, 5.74) is 2.99. The van der Waals surface area contributed by atoms with E-state index < -0.39 is 0 Å². The first-order valence-corrected chi connectivity index (χ1v) is 5.19. The normalized spacial score (nSPS) is 10.1. The summed E-state index contributed by atoms with van der Waals surface area (Å²) in [5, 5.41) is 3.22. The Morgan fingerprint density at radius 3 is 2.75 bits per heavy atom. The summed E-state index contributed by atoms with van der Waals surface area (Å²) < 4.78 is 0. The second-order valence-electron chi connectivity index (χ2n) is 3.67. The Bertz CT molecular complexity index is 436. The molecule has 4 heteroatoms. The van der Waals surface area contributed by atoms with Gasteiger partial charge >= 0.3 is 0 Å². The van der Waals surface area contributed by atoms with E-state index in [1.54, 1.807) is 6.33 Å². The van der Waals surface area contributed by atoms with Gasteiger partial charge in [-0.2, -0.15) is 0 Å². The third kappa shape index (κ3) is 2.76. The van der Waals surface area contributed by atoms with Gasteiger partial charge in [-0.3, -0.25) is 4.98 Å². The van der Waals surface area contributed by atoms with Crippen LogP contribution in [0.1, 0.15) is 17.1 Å². The molecule has 2 rings (SSSR count). The first-order chi connectivity index (χ1) is 7.74. The Morgan fingerprint density at radius 2 is 2.00 bits per heavy atom. The van der Waals surface area contributed by atoms with Crippen LogP contribution in [0.3, 0.4) is 0 Å². The number of aryl methyl sites for hydroxylation is 2. The zero-order valence-corrected chi connectivity index (χ0v) is 9.44. The molecule has 0 aliphatic heterocycles. The fraction of sp³-hybridized carbons (Fsp3) is 0.250. The third-order valence-corrected chi connectivity index (χ3v) is 2.20. The van der Waals surface area contributed by atoms with Crippen molar-refractivity contribution in [2.45, 2.75) is 20.4 Å². The van der Waals surface area contributed by atoms with E-state index in [4.69, 9.17) is 0 Å². The maximum atomic E-state index is 4.40. The summed E-state index contributed by atoms with van der Waals surface area (Å²) in [6, 6.07) is 7.90. The molecule has 2 heterocycles. The van der Waals surface area contributed by atoms with E-state index in [1.807, 2.05) is 38.1 Å². The van der Waals surface area contributed by atoms with Crippen molar-refractivity contribution in [3.05, 3.63) is 47.7 Å². The van der Waals surface area contributed by atoms with Crippen LogP contribution in [0.25, 0.3) is 0 Å². The Hall–Kier alpha value is -1.97. The van der Waals surface area contributed by atoms with Crippen molar-refractivity contribution >= 4 is 5.82 Å². The topological polar surface area (TPSA) is 50.7 Å². The summed E-state index contributed by atoms with van der Waals surface area (Å²) in [6.07, 6.45) is 1.56. The van der Waals surface area contributed by atoms with Gasteiger partial charge in [-0.05, 0) is 26.0 Å². The lowest BCUT2D eigenvalue weighted by atomic mass is 10.3. The smallest absolute Gasteiger partial charge is 0.129 e. The maximum absolute atomic E-state index is 4.40. The van der Waals surface area contributed by atoms with Gasteiger partial charge in [0.15, 0.2) is 0 Å². The molecule has 82 valence electrons. The molecule has 0 radical (unpaired) electrons. The minimum atomic E-state index is 0.679. The molecule has 0 aliphatic carbocycles. The SMILES string of the molecule is Cc1cc(NCc2cccc(C)n2)ncn1. The molecule has 0 saturated heterocycles.